The minimum absolute atomic E-state index is 0.529. The van der Waals surface area contributed by atoms with Crippen molar-refractivity contribution in [3.63, 3.8) is 0 Å². The molecule has 1 N–H and O–H groups in total. The van der Waals surface area contributed by atoms with E-state index >= 15 is 0 Å². The molecular weight excluding hydrogens is 302 g/mol. The van der Waals surface area contributed by atoms with Gasteiger partial charge in [0, 0.05) is 17.1 Å². The highest BCUT2D eigenvalue weighted by atomic mass is 79.9. The Morgan fingerprint density at radius 3 is 2.84 bits per heavy atom. The summed E-state index contributed by atoms with van der Waals surface area (Å²) in [5.41, 5.74) is 2.30. The maximum Gasteiger partial charge on any atom is 0.123 e. The van der Waals surface area contributed by atoms with Gasteiger partial charge < -0.3 is 9.88 Å². The number of fused-ring (bicyclic) bond motifs is 1. The molecule has 4 heteroatoms. The first kappa shape index (κ1) is 14.5. The van der Waals surface area contributed by atoms with E-state index in [4.69, 9.17) is 4.98 Å². The summed E-state index contributed by atoms with van der Waals surface area (Å²) in [6.07, 6.45) is 2.26. The van der Waals surface area contributed by atoms with E-state index in [1.54, 1.807) is 0 Å². The molecule has 2 rings (SSSR count). The van der Waals surface area contributed by atoms with Crippen LogP contribution in [0.4, 0.5) is 0 Å². The van der Waals surface area contributed by atoms with Crippen LogP contribution < -0.4 is 5.32 Å². The zero-order valence-corrected chi connectivity index (χ0v) is 13.5. The molecule has 0 aliphatic carbocycles. The van der Waals surface area contributed by atoms with Crippen LogP contribution in [0.5, 0.6) is 0 Å². The molecule has 0 bridgehead atoms. The number of aryl methyl sites for hydroxylation is 1. The van der Waals surface area contributed by atoms with Crippen molar-refractivity contribution in [2.24, 2.45) is 0 Å². The third-order valence-corrected chi connectivity index (χ3v) is 3.95. The van der Waals surface area contributed by atoms with E-state index in [9.17, 15) is 0 Å². The summed E-state index contributed by atoms with van der Waals surface area (Å²) in [7, 11) is 0. The van der Waals surface area contributed by atoms with E-state index in [1.807, 2.05) is 0 Å². The lowest BCUT2D eigenvalue weighted by molar-refractivity contribution is 0.508. The third kappa shape index (κ3) is 3.37. The molecular formula is C15H22BrN3. The molecule has 0 aliphatic rings. The van der Waals surface area contributed by atoms with Crippen molar-refractivity contribution in [1.29, 1.82) is 0 Å². The molecule has 0 spiro atoms. The van der Waals surface area contributed by atoms with Crippen LogP contribution in [0.15, 0.2) is 22.7 Å². The number of hydrogen-bond acceptors (Lipinski definition) is 2. The van der Waals surface area contributed by atoms with Gasteiger partial charge in [-0.25, -0.2) is 4.98 Å². The Kier molecular flexibility index (Phi) is 4.99. The van der Waals surface area contributed by atoms with Crippen molar-refractivity contribution < 1.29 is 0 Å². The van der Waals surface area contributed by atoms with E-state index in [0.717, 1.165) is 41.7 Å². The average molecular weight is 324 g/mol. The second-order valence-electron chi connectivity index (χ2n) is 5.00. The molecule has 19 heavy (non-hydrogen) atoms. The van der Waals surface area contributed by atoms with Crippen LogP contribution in [-0.2, 0) is 13.1 Å². The van der Waals surface area contributed by atoms with Crippen LogP contribution in [0.2, 0.25) is 0 Å². The standard InChI is InChI=1S/C15H22BrN3/c1-4-8-19-14-7-6-12(16)9-13(14)18-15(19)10-17-11(3)5-2/h6-7,9,11,17H,4-5,8,10H2,1-3H3. The van der Waals surface area contributed by atoms with Gasteiger partial charge in [0.2, 0.25) is 0 Å². The largest absolute Gasteiger partial charge is 0.327 e. The van der Waals surface area contributed by atoms with Crippen LogP contribution in [-0.4, -0.2) is 15.6 Å². The maximum absolute atomic E-state index is 4.77. The second kappa shape index (κ2) is 6.53. The van der Waals surface area contributed by atoms with Gasteiger partial charge in [-0.1, -0.05) is 29.8 Å². The van der Waals surface area contributed by atoms with E-state index < -0.39 is 0 Å². The smallest absolute Gasteiger partial charge is 0.123 e. The minimum Gasteiger partial charge on any atom is -0.327 e. The first-order valence-electron chi connectivity index (χ1n) is 7.03. The minimum atomic E-state index is 0.529. The van der Waals surface area contributed by atoms with Gasteiger partial charge in [-0.3, -0.25) is 0 Å². The molecule has 3 nitrogen and oxygen atoms in total. The van der Waals surface area contributed by atoms with Gasteiger partial charge in [-0.2, -0.15) is 0 Å². The molecule has 1 aromatic heterocycles. The van der Waals surface area contributed by atoms with Gasteiger partial charge in [-0.05, 0) is 38.0 Å². The maximum atomic E-state index is 4.77. The summed E-state index contributed by atoms with van der Waals surface area (Å²) in [6.45, 7) is 8.47. The van der Waals surface area contributed by atoms with Crippen LogP contribution in [0.1, 0.15) is 39.4 Å². The molecule has 2 aromatic rings. The summed E-state index contributed by atoms with van der Waals surface area (Å²) in [5.74, 6) is 1.13. The highest BCUT2D eigenvalue weighted by Crippen LogP contribution is 2.21. The fourth-order valence-electron chi connectivity index (χ4n) is 2.17. The Balaban J connectivity index is 2.32. The molecule has 1 heterocycles. The fourth-order valence-corrected chi connectivity index (χ4v) is 2.52. The van der Waals surface area contributed by atoms with Gasteiger partial charge in [0.25, 0.3) is 0 Å². The number of nitrogens with one attached hydrogen (secondary N) is 1. The molecule has 0 fully saturated rings. The Morgan fingerprint density at radius 2 is 2.16 bits per heavy atom. The summed E-state index contributed by atoms with van der Waals surface area (Å²) in [6, 6.07) is 6.85. The van der Waals surface area contributed by atoms with Crippen LogP contribution in [0.3, 0.4) is 0 Å². The van der Waals surface area contributed by atoms with Crippen molar-refractivity contribution >= 4 is 27.0 Å². The molecule has 0 radical (unpaired) electrons. The Hall–Kier alpha value is -0.870. The van der Waals surface area contributed by atoms with Gasteiger partial charge in [0.05, 0.1) is 17.6 Å². The first-order valence-corrected chi connectivity index (χ1v) is 7.83. The Bertz CT molecular complexity index is 548. The van der Waals surface area contributed by atoms with Crippen LogP contribution in [0.25, 0.3) is 11.0 Å². The van der Waals surface area contributed by atoms with Crippen molar-refractivity contribution in [3.8, 4) is 0 Å². The Labute approximate surface area is 123 Å². The number of rotatable bonds is 6. The van der Waals surface area contributed by atoms with Gasteiger partial charge in [-0.15, -0.1) is 0 Å². The molecule has 0 aliphatic heterocycles. The highest BCUT2D eigenvalue weighted by Gasteiger charge is 2.11. The highest BCUT2D eigenvalue weighted by molar-refractivity contribution is 9.10. The molecule has 0 saturated carbocycles. The SMILES string of the molecule is CCCn1c(CNC(C)CC)nc2cc(Br)ccc21. The summed E-state index contributed by atoms with van der Waals surface area (Å²) < 4.78 is 3.42. The summed E-state index contributed by atoms with van der Waals surface area (Å²) >= 11 is 3.51. The van der Waals surface area contributed by atoms with Crippen LogP contribution >= 0.6 is 15.9 Å². The topological polar surface area (TPSA) is 29.9 Å². The second-order valence-corrected chi connectivity index (χ2v) is 5.92. The number of nitrogens with zero attached hydrogens (tertiary/aromatic N) is 2. The van der Waals surface area contributed by atoms with E-state index in [0.29, 0.717) is 6.04 Å². The molecule has 1 aromatic carbocycles. The van der Waals surface area contributed by atoms with Crippen molar-refractivity contribution in [3.05, 3.63) is 28.5 Å². The van der Waals surface area contributed by atoms with Gasteiger partial charge in [0.15, 0.2) is 0 Å². The Morgan fingerprint density at radius 1 is 1.37 bits per heavy atom. The number of hydrogen-bond donors (Lipinski definition) is 1. The zero-order chi connectivity index (χ0) is 13.8. The van der Waals surface area contributed by atoms with Crippen LogP contribution in [0, 0.1) is 0 Å². The first-order chi connectivity index (χ1) is 9.15. The van der Waals surface area contributed by atoms with Gasteiger partial charge >= 0.3 is 0 Å². The molecule has 0 saturated heterocycles. The number of halogens is 1. The lowest BCUT2D eigenvalue weighted by atomic mass is 10.2. The lowest BCUT2D eigenvalue weighted by Crippen LogP contribution is -2.26. The van der Waals surface area contributed by atoms with Gasteiger partial charge in [0.1, 0.15) is 5.82 Å². The summed E-state index contributed by atoms with van der Waals surface area (Å²) in [5, 5.41) is 3.53. The molecule has 1 unspecified atom stereocenters. The van der Waals surface area contributed by atoms with Crippen molar-refractivity contribution in [2.45, 2.75) is 52.7 Å². The summed E-state index contributed by atoms with van der Waals surface area (Å²) in [4.78, 5) is 4.77. The van der Waals surface area contributed by atoms with Crippen molar-refractivity contribution in [1.82, 2.24) is 14.9 Å². The van der Waals surface area contributed by atoms with E-state index in [-0.39, 0.29) is 0 Å². The molecule has 104 valence electrons. The zero-order valence-electron chi connectivity index (χ0n) is 11.9. The third-order valence-electron chi connectivity index (χ3n) is 3.46. The number of benzene rings is 1. The average Bonchev–Trinajstić information content (AvgIpc) is 2.73. The lowest BCUT2D eigenvalue weighted by Gasteiger charge is -2.12. The predicted octanol–water partition coefficient (Wildman–Crippen LogP) is 4.10. The molecule has 1 atom stereocenters. The normalized spacial score (nSPS) is 13.1. The quantitative estimate of drug-likeness (QED) is 0.867. The van der Waals surface area contributed by atoms with Crippen molar-refractivity contribution in [2.75, 3.05) is 0 Å². The monoisotopic (exact) mass is 323 g/mol. The number of imidazole rings is 1. The predicted molar refractivity (Wildman–Crippen MR) is 84.3 cm³/mol. The fraction of sp³-hybridized carbons (Fsp3) is 0.533. The molecule has 0 amide bonds. The number of aromatic nitrogens is 2. The van der Waals surface area contributed by atoms with E-state index in [2.05, 4.69) is 64.8 Å². The van der Waals surface area contributed by atoms with E-state index in [1.165, 1.54) is 5.52 Å².